The van der Waals surface area contributed by atoms with E-state index in [2.05, 4.69) is 41.4 Å². The first-order chi connectivity index (χ1) is 13.5. The summed E-state index contributed by atoms with van der Waals surface area (Å²) in [7, 11) is 1.79. The Bertz CT molecular complexity index is 1020. The summed E-state index contributed by atoms with van der Waals surface area (Å²) in [6.07, 6.45) is -0.0705. The van der Waals surface area contributed by atoms with Crippen LogP contribution in [0.1, 0.15) is 17.7 Å². The van der Waals surface area contributed by atoms with Crippen molar-refractivity contribution in [2.45, 2.75) is 37.8 Å². The lowest BCUT2D eigenvalue weighted by atomic mass is 10.1. The summed E-state index contributed by atoms with van der Waals surface area (Å²) >= 11 is 1.50. The molecule has 0 radical (unpaired) electrons. The summed E-state index contributed by atoms with van der Waals surface area (Å²) in [5.41, 5.74) is 2.89. The molecule has 28 heavy (non-hydrogen) atoms. The Morgan fingerprint density at radius 2 is 2.18 bits per heavy atom. The summed E-state index contributed by atoms with van der Waals surface area (Å²) in [5.74, 6) is 1.10. The van der Waals surface area contributed by atoms with Gasteiger partial charge in [0.05, 0.1) is 11.2 Å². The molecule has 1 amide bonds. The van der Waals surface area contributed by atoms with Gasteiger partial charge in [0, 0.05) is 30.6 Å². The van der Waals surface area contributed by atoms with Gasteiger partial charge in [-0.05, 0) is 35.9 Å². The number of carbonyl (C=O) groups excluding carboxylic acids is 1. The number of hydrogen-bond donors (Lipinski definition) is 3. The maximum absolute atomic E-state index is 12.1. The van der Waals surface area contributed by atoms with Gasteiger partial charge in [0.1, 0.15) is 0 Å². The molecule has 3 N–H and O–H groups in total. The molecule has 2 unspecified atom stereocenters. The fraction of sp³-hybridized carbons (Fsp3) is 0.412. The van der Waals surface area contributed by atoms with Crippen molar-refractivity contribution >= 4 is 34.5 Å². The molecule has 1 fully saturated rings. The first-order valence-corrected chi connectivity index (χ1v) is 9.88. The molecule has 146 valence electrons. The number of anilines is 1. The third-order valence-electron chi connectivity index (χ3n) is 4.45. The van der Waals surface area contributed by atoms with Crippen LogP contribution in [-0.2, 0) is 11.8 Å². The largest absolute Gasteiger partial charge is 0.323 e. The second-order valence-corrected chi connectivity index (χ2v) is 7.75. The van der Waals surface area contributed by atoms with Crippen LogP contribution >= 0.6 is 11.8 Å². The van der Waals surface area contributed by atoms with Gasteiger partial charge in [-0.3, -0.25) is 10.1 Å². The Hall–Kier alpha value is -2.79. The van der Waals surface area contributed by atoms with Gasteiger partial charge in [0.25, 0.3) is 0 Å². The molecule has 10 nitrogen and oxygen atoms in total. The topological polar surface area (TPSA) is 123 Å². The molecule has 2 atom stereocenters. The number of aryl methyl sites for hydroxylation is 3. The van der Waals surface area contributed by atoms with Crippen molar-refractivity contribution in [2.75, 3.05) is 11.1 Å². The monoisotopic (exact) mass is 399 g/mol. The summed E-state index contributed by atoms with van der Waals surface area (Å²) in [6, 6.07) is 6.07. The molecule has 1 aliphatic heterocycles. The lowest BCUT2D eigenvalue weighted by molar-refractivity contribution is -0.123. The molecule has 3 heterocycles. The molecule has 11 heteroatoms. The molecule has 4 rings (SSSR count). The van der Waals surface area contributed by atoms with E-state index in [0.717, 1.165) is 22.2 Å². The Morgan fingerprint density at radius 1 is 1.32 bits per heavy atom. The number of carbonyl (C=O) groups is 1. The second-order valence-electron chi connectivity index (χ2n) is 6.76. The smallest absolute Gasteiger partial charge is 0.226 e. The summed E-state index contributed by atoms with van der Waals surface area (Å²) < 4.78 is 1.61. The van der Waals surface area contributed by atoms with E-state index in [1.165, 1.54) is 11.8 Å². The second kappa shape index (κ2) is 7.68. The van der Waals surface area contributed by atoms with Gasteiger partial charge in [0.2, 0.25) is 17.0 Å². The SMILES string of the molecule is Cc1ccc2c(C)nc(NC3NC(=O)CC(CSc4nnnn4C)N3)nc2c1. The van der Waals surface area contributed by atoms with E-state index in [1.54, 1.807) is 11.7 Å². The van der Waals surface area contributed by atoms with Crippen molar-refractivity contribution < 1.29 is 4.79 Å². The molecule has 1 aliphatic rings. The van der Waals surface area contributed by atoms with Crippen molar-refractivity contribution in [3.05, 3.63) is 29.5 Å². The molecule has 1 saturated heterocycles. The molecular weight excluding hydrogens is 378 g/mol. The van der Waals surface area contributed by atoms with E-state index < -0.39 is 6.29 Å². The first kappa shape index (κ1) is 18.6. The minimum atomic E-state index is -0.453. The van der Waals surface area contributed by atoms with Gasteiger partial charge in [-0.15, -0.1) is 5.10 Å². The van der Waals surface area contributed by atoms with Crippen LogP contribution in [-0.4, -0.2) is 54.2 Å². The van der Waals surface area contributed by atoms with Gasteiger partial charge in [-0.2, -0.15) is 0 Å². The quantitative estimate of drug-likeness (QED) is 0.533. The average molecular weight is 399 g/mol. The standard InChI is InChI=1S/C17H21N9OS/c1-9-4-5-12-10(2)18-15(20-13(12)6-9)22-16-19-11(7-14(27)21-16)8-28-17-23-24-25-26(17)3/h4-6,11,16,19H,7-8H2,1-3H3,(H,21,27)(H,18,20,22). The molecule has 3 aromatic rings. The number of fused-ring (bicyclic) bond motifs is 1. The number of amides is 1. The highest BCUT2D eigenvalue weighted by Crippen LogP contribution is 2.20. The fourth-order valence-corrected chi connectivity index (χ4v) is 3.96. The average Bonchev–Trinajstić information content (AvgIpc) is 3.04. The fourth-order valence-electron chi connectivity index (χ4n) is 3.08. The van der Waals surface area contributed by atoms with Gasteiger partial charge < -0.3 is 10.6 Å². The predicted octanol–water partition coefficient (Wildman–Crippen LogP) is 0.736. The van der Waals surface area contributed by atoms with Crippen LogP contribution in [0.5, 0.6) is 0 Å². The number of tetrazole rings is 1. The van der Waals surface area contributed by atoms with E-state index in [0.29, 0.717) is 23.3 Å². The Morgan fingerprint density at radius 3 is 2.96 bits per heavy atom. The summed E-state index contributed by atoms with van der Waals surface area (Å²) in [6.45, 7) is 3.98. The van der Waals surface area contributed by atoms with Crippen LogP contribution in [0.4, 0.5) is 5.95 Å². The third kappa shape index (κ3) is 4.04. The molecule has 0 aliphatic carbocycles. The van der Waals surface area contributed by atoms with Crippen molar-refractivity contribution in [1.82, 2.24) is 40.8 Å². The third-order valence-corrected chi connectivity index (χ3v) is 5.62. The van der Waals surface area contributed by atoms with E-state index in [1.807, 2.05) is 32.0 Å². The van der Waals surface area contributed by atoms with Crippen LogP contribution in [0.2, 0.25) is 0 Å². The van der Waals surface area contributed by atoms with Crippen LogP contribution < -0.4 is 16.0 Å². The van der Waals surface area contributed by atoms with Crippen LogP contribution in [0.3, 0.4) is 0 Å². The summed E-state index contributed by atoms with van der Waals surface area (Å²) in [4.78, 5) is 21.3. The Kier molecular flexibility index (Phi) is 5.09. The zero-order chi connectivity index (χ0) is 19.7. The van der Waals surface area contributed by atoms with Gasteiger partial charge in [-0.25, -0.2) is 14.6 Å². The highest BCUT2D eigenvalue weighted by Gasteiger charge is 2.26. The van der Waals surface area contributed by atoms with Crippen molar-refractivity contribution in [1.29, 1.82) is 0 Å². The van der Waals surface area contributed by atoms with Gasteiger partial charge in [0.15, 0.2) is 6.29 Å². The lowest BCUT2D eigenvalue weighted by Crippen LogP contribution is -2.60. The predicted molar refractivity (Wildman–Crippen MR) is 106 cm³/mol. The van der Waals surface area contributed by atoms with Crippen molar-refractivity contribution in [3.63, 3.8) is 0 Å². The Balaban J connectivity index is 1.45. The van der Waals surface area contributed by atoms with Gasteiger partial charge >= 0.3 is 0 Å². The molecule has 0 spiro atoms. The molecular formula is C17H21N9OS. The minimum Gasteiger partial charge on any atom is -0.323 e. The first-order valence-electron chi connectivity index (χ1n) is 8.90. The lowest BCUT2D eigenvalue weighted by Gasteiger charge is -2.31. The van der Waals surface area contributed by atoms with Crippen LogP contribution in [0.25, 0.3) is 10.9 Å². The van der Waals surface area contributed by atoms with E-state index >= 15 is 0 Å². The maximum atomic E-state index is 12.1. The Labute approximate surface area is 165 Å². The molecule has 1 aromatic carbocycles. The number of aromatic nitrogens is 6. The van der Waals surface area contributed by atoms with Crippen LogP contribution in [0, 0.1) is 13.8 Å². The van der Waals surface area contributed by atoms with Crippen LogP contribution in [0.15, 0.2) is 23.4 Å². The molecule has 2 aromatic heterocycles. The van der Waals surface area contributed by atoms with E-state index in [9.17, 15) is 4.79 Å². The highest BCUT2D eigenvalue weighted by atomic mass is 32.2. The number of rotatable bonds is 5. The normalized spacial score (nSPS) is 19.6. The number of nitrogens with one attached hydrogen (secondary N) is 3. The van der Waals surface area contributed by atoms with E-state index in [4.69, 9.17) is 0 Å². The van der Waals surface area contributed by atoms with Crippen molar-refractivity contribution in [2.24, 2.45) is 7.05 Å². The number of benzene rings is 1. The summed E-state index contributed by atoms with van der Waals surface area (Å²) in [5, 5.41) is 22.5. The van der Waals surface area contributed by atoms with E-state index in [-0.39, 0.29) is 11.9 Å². The minimum absolute atomic E-state index is 0.0308. The highest BCUT2D eigenvalue weighted by molar-refractivity contribution is 7.99. The number of thioether (sulfide) groups is 1. The van der Waals surface area contributed by atoms with Gasteiger partial charge in [-0.1, -0.05) is 23.9 Å². The number of hydrogen-bond acceptors (Lipinski definition) is 9. The zero-order valence-corrected chi connectivity index (χ0v) is 16.6. The number of nitrogens with zero attached hydrogens (tertiary/aromatic N) is 6. The maximum Gasteiger partial charge on any atom is 0.226 e. The molecule has 0 bridgehead atoms. The zero-order valence-electron chi connectivity index (χ0n) is 15.8. The molecule has 0 saturated carbocycles. The van der Waals surface area contributed by atoms with Crippen molar-refractivity contribution in [3.8, 4) is 0 Å².